The number of hydrogen-bond acceptors (Lipinski definition) is 3. The van der Waals surface area contributed by atoms with Crippen molar-refractivity contribution in [2.75, 3.05) is 11.1 Å². The Hall–Kier alpha value is -3.81. The molecule has 8 heteroatoms. The van der Waals surface area contributed by atoms with E-state index in [0.29, 0.717) is 5.82 Å². The van der Waals surface area contributed by atoms with Crippen LogP contribution < -0.4 is 11.1 Å². The highest BCUT2D eigenvalue weighted by Crippen LogP contribution is 2.32. The Morgan fingerprint density at radius 1 is 1.03 bits per heavy atom. The molecular formula is C22H17F3N4O. The average molecular weight is 410 g/mol. The van der Waals surface area contributed by atoms with Crippen LogP contribution in [-0.2, 0) is 17.4 Å². The molecule has 0 saturated carbocycles. The minimum Gasteiger partial charge on any atom is -0.382 e. The van der Waals surface area contributed by atoms with E-state index < -0.39 is 17.6 Å². The molecule has 0 radical (unpaired) electrons. The molecular weight excluding hydrogens is 393 g/mol. The van der Waals surface area contributed by atoms with Crippen molar-refractivity contribution in [3.63, 3.8) is 0 Å². The van der Waals surface area contributed by atoms with Crippen molar-refractivity contribution < 1.29 is 18.0 Å². The van der Waals surface area contributed by atoms with Gasteiger partial charge in [0.05, 0.1) is 22.9 Å². The van der Waals surface area contributed by atoms with Crippen LogP contribution in [0.5, 0.6) is 0 Å². The molecule has 1 amide bonds. The number of aromatic nitrogens is 2. The van der Waals surface area contributed by atoms with Crippen LogP contribution in [0.25, 0.3) is 22.0 Å². The normalized spacial score (nSPS) is 11.6. The first kappa shape index (κ1) is 19.5. The number of halogens is 3. The van der Waals surface area contributed by atoms with E-state index in [1.807, 2.05) is 30.3 Å². The number of alkyl halides is 3. The molecule has 0 aliphatic heterocycles. The zero-order valence-electron chi connectivity index (χ0n) is 15.6. The van der Waals surface area contributed by atoms with E-state index in [9.17, 15) is 18.0 Å². The first-order valence-corrected chi connectivity index (χ1v) is 9.10. The maximum Gasteiger partial charge on any atom is 0.416 e. The van der Waals surface area contributed by atoms with Crippen LogP contribution in [0.1, 0.15) is 11.1 Å². The molecule has 5 nitrogen and oxygen atoms in total. The standard InChI is InChI=1S/C22H17F3N4O/c23-22(24,25)15-3-1-4-16(12-15)27-19(30)11-13-7-9-14(10-8-13)17-5-2-6-18-20(17)21(26)29-28-18/h1-10,12H,11H2,(H,27,30)(H3,26,28,29). The monoisotopic (exact) mass is 410 g/mol. The topological polar surface area (TPSA) is 83.8 Å². The van der Waals surface area contributed by atoms with Gasteiger partial charge in [0.2, 0.25) is 5.91 Å². The number of rotatable bonds is 4. The van der Waals surface area contributed by atoms with Crippen molar-refractivity contribution in [1.29, 1.82) is 0 Å². The lowest BCUT2D eigenvalue weighted by atomic mass is 9.99. The second-order valence-corrected chi connectivity index (χ2v) is 6.84. The number of amides is 1. The van der Waals surface area contributed by atoms with E-state index in [2.05, 4.69) is 15.5 Å². The SMILES string of the molecule is Nc1n[nH]c2cccc(-c3ccc(CC(=O)Nc4cccc(C(F)(F)F)c4)cc3)c12. The van der Waals surface area contributed by atoms with Gasteiger partial charge in [-0.2, -0.15) is 18.3 Å². The number of H-pyrrole nitrogens is 1. The summed E-state index contributed by atoms with van der Waals surface area (Å²) in [5.41, 5.74) is 8.64. The molecule has 0 bridgehead atoms. The third-order valence-corrected chi connectivity index (χ3v) is 4.72. The van der Waals surface area contributed by atoms with Crippen LogP contribution in [-0.4, -0.2) is 16.1 Å². The molecule has 1 aromatic heterocycles. The number of carbonyl (C=O) groups is 1. The van der Waals surface area contributed by atoms with Crippen LogP contribution in [0.2, 0.25) is 0 Å². The van der Waals surface area contributed by atoms with E-state index in [0.717, 1.165) is 39.7 Å². The van der Waals surface area contributed by atoms with Gasteiger partial charge >= 0.3 is 6.18 Å². The summed E-state index contributed by atoms with van der Waals surface area (Å²) in [5, 5.41) is 10.2. The summed E-state index contributed by atoms with van der Waals surface area (Å²) in [6.07, 6.45) is -4.42. The molecule has 4 rings (SSSR count). The van der Waals surface area contributed by atoms with Gasteiger partial charge in [-0.25, -0.2) is 0 Å². The van der Waals surface area contributed by atoms with Gasteiger partial charge < -0.3 is 11.1 Å². The quantitative estimate of drug-likeness (QED) is 0.442. The number of aromatic amines is 1. The van der Waals surface area contributed by atoms with Gasteiger partial charge in [0.15, 0.2) is 5.82 Å². The van der Waals surface area contributed by atoms with Crippen molar-refractivity contribution in [3.05, 3.63) is 77.9 Å². The van der Waals surface area contributed by atoms with Crippen LogP contribution in [0.4, 0.5) is 24.7 Å². The molecule has 4 aromatic rings. The second-order valence-electron chi connectivity index (χ2n) is 6.84. The molecule has 30 heavy (non-hydrogen) atoms. The minimum absolute atomic E-state index is 0.0363. The van der Waals surface area contributed by atoms with Crippen LogP contribution in [0.15, 0.2) is 66.7 Å². The van der Waals surface area contributed by atoms with Crippen molar-refractivity contribution >= 4 is 28.3 Å². The van der Waals surface area contributed by atoms with Gasteiger partial charge in [-0.1, -0.05) is 42.5 Å². The molecule has 4 N–H and O–H groups in total. The number of nitrogens with zero attached hydrogens (tertiary/aromatic N) is 1. The molecule has 0 atom stereocenters. The Morgan fingerprint density at radius 3 is 2.50 bits per heavy atom. The van der Waals surface area contributed by atoms with Gasteiger partial charge in [0.1, 0.15) is 0 Å². The van der Waals surface area contributed by atoms with Gasteiger partial charge in [0, 0.05) is 5.69 Å². The summed E-state index contributed by atoms with van der Waals surface area (Å²) in [6, 6.07) is 17.6. The molecule has 3 aromatic carbocycles. The predicted octanol–water partition coefficient (Wildman–Crippen LogP) is 5.01. The lowest BCUT2D eigenvalue weighted by Crippen LogP contribution is -2.15. The molecule has 0 unspecified atom stereocenters. The van der Waals surface area contributed by atoms with Crippen molar-refractivity contribution in [2.24, 2.45) is 0 Å². The Kier molecular flexibility index (Phi) is 4.91. The third kappa shape index (κ3) is 3.98. The first-order chi connectivity index (χ1) is 14.3. The first-order valence-electron chi connectivity index (χ1n) is 9.10. The summed E-state index contributed by atoms with van der Waals surface area (Å²) in [6.45, 7) is 0. The number of nitrogen functional groups attached to an aromatic ring is 1. The average Bonchev–Trinajstić information content (AvgIpc) is 3.09. The maximum absolute atomic E-state index is 12.8. The van der Waals surface area contributed by atoms with Gasteiger partial charge in [-0.15, -0.1) is 0 Å². The zero-order valence-corrected chi connectivity index (χ0v) is 15.6. The smallest absolute Gasteiger partial charge is 0.382 e. The summed E-state index contributed by atoms with van der Waals surface area (Å²) in [4.78, 5) is 12.3. The van der Waals surface area contributed by atoms with Crippen molar-refractivity contribution in [3.8, 4) is 11.1 Å². The minimum atomic E-state index is -4.46. The number of nitrogens with one attached hydrogen (secondary N) is 2. The number of carbonyl (C=O) groups excluding carboxylic acids is 1. The predicted molar refractivity (Wildman–Crippen MR) is 110 cm³/mol. The number of benzene rings is 3. The Bertz CT molecular complexity index is 1210. The summed E-state index contributed by atoms with van der Waals surface area (Å²) < 4.78 is 38.4. The molecule has 0 spiro atoms. The largest absolute Gasteiger partial charge is 0.416 e. The molecule has 0 aliphatic rings. The Balaban J connectivity index is 1.49. The fourth-order valence-corrected chi connectivity index (χ4v) is 3.30. The molecule has 1 heterocycles. The lowest BCUT2D eigenvalue weighted by molar-refractivity contribution is -0.137. The van der Waals surface area contributed by atoms with Crippen LogP contribution >= 0.6 is 0 Å². The third-order valence-electron chi connectivity index (χ3n) is 4.72. The number of fused-ring (bicyclic) bond motifs is 1. The summed E-state index contributed by atoms with van der Waals surface area (Å²) >= 11 is 0. The molecule has 0 aliphatic carbocycles. The second kappa shape index (κ2) is 7.55. The van der Waals surface area contributed by atoms with Crippen molar-refractivity contribution in [1.82, 2.24) is 10.2 Å². The zero-order chi connectivity index (χ0) is 21.3. The fourth-order valence-electron chi connectivity index (χ4n) is 3.30. The highest BCUT2D eigenvalue weighted by Gasteiger charge is 2.30. The summed E-state index contributed by atoms with van der Waals surface area (Å²) in [5.74, 6) is 0.00777. The van der Waals surface area contributed by atoms with E-state index in [-0.39, 0.29) is 12.1 Å². The van der Waals surface area contributed by atoms with E-state index in [1.165, 1.54) is 12.1 Å². The van der Waals surface area contributed by atoms with Crippen LogP contribution in [0, 0.1) is 0 Å². The molecule has 0 saturated heterocycles. The summed E-state index contributed by atoms with van der Waals surface area (Å²) in [7, 11) is 0. The number of anilines is 2. The van der Waals surface area contributed by atoms with Gasteiger partial charge in [-0.05, 0) is 41.0 Å². The van der Waals surface area contributed by atoms with E-state index in [1.54, 1.807) is 12.1 Å². The highest BCUT2D eigenvalue weighted by molar-refractivity contribution is 6.01. The fraction of sp³-hybridized carbons (Fsp3) is 0.0909. The number of nitrogens with two attached hydrogens (primary N) is 1. The Labute approximate surface area is 169 Å². The highest BCUT2D eigenvalue weighted by atomic mass is 19.4. The van der Waals surface area contributed by atoms with Gasteiger partial charge in [-0.3, -0.25) is 9.89 Å². The van der Waals surface area contributed by atoms with E-state index >= 15 is 0 Å². The molecule has 152 valence electrons. The Morgan fingerprint density at radius 2 is 1.77 bits per heavy atom. The number of hydrogen-bond donors (Lipinski definition) is 3. The van der Waals surface area contributed by atoms with Crippen molar-refractivity contribution in [2.45, 2.75) is 12.6 Å². The van der Waals surface area contributed by atoms with Crippen LogP contribution in [0.3, 0.4) is 0 Å². The lowest BCUT2D eigenvalue weighted by Gasteiger charge is -2.10. The van der Waals surface area contributed by atoms with E-state index in [4.69, 9.17) is 5.73 Å². The maximum atomic E-state index is 12.8. The molecule has 0 fully saturated rings. The van der Waals surface area contributed by atoms with Gasteiger partial charge in [0.25, 0.3) is 0 Å².